The standard InChI is InChI=1S/C23H19ClF3NO3.C7H14N4O3/c1-22(2)17(12-19(24)23(25,26)27)20(22)21(29)31-18(13-28)14-7-6-10-16(11-14)30-15-8-4-3-5-9-15;1-8-7(10-11(12)13)9-4-6-2-3-14-5-6/h3-12,17-18,20H,1-2H3;6H,2-5H2,1H3,(H2,8,9,10)/b19-12-;/t17-,18?,20-;/m0./s1. The summed E-state index contributed by atoms with van der Waals surface area (Å²) in [5, 5.41) is 26.2. The molecule has 4 rings (SSSR count). The van der Waals surface area contributed by atoms with E-state index in [9.17, 15) is 33.3 Å². The number of alkyl halides is 3. The van der Waals surface area contributed by atoms with E-state index in [-0.39, 0.29) is 5.96 Å². The lowest BCUT2D eigenvalue weighted by atomic mass is 10.1. The maximum atomic E-state index is 12.7. The number of hydrogen-bond acceptors (Lipinski definition) is 7. The van der Waals surface area contributed by atoms with Gasteiger partial charge in [0.05, 0.1) is 12.5 Å². The van der Waals surface area contributed by atoms with E-state index in [1.54, 1.807) is 57.3 Å². The molecule has 4 atom stereocenters. The normalized spacial score (nSPS) is 21.3. The van der Waals surface area contributed by atoms with E-state index in [2.05, 4.69) is 15.7 Å². The first-order chi connectivity index (χ1) is 21.3. The number of nitrogens with one attached hydrogen (secondary N) is 2. The van der Waals surface area contributed by atoms with E-state index < -0.39 is 45.6 Å². The number of nitriles is 1. The van der Waals surface area contributed by atoms with Crippen molar-refractivity contribution in [2.24, 2.45) is 28.3 Å². The number of esters is 1. The zero-order valence-electron chi connectivity index (χ0n) is 24.7. The average molecular weight is 652 g/mol. The van der Waals surface area contributed by atoms with Gasteiger partial charge >= 0.3 is 12.1 Å². The summed E-state index contributed by atoms with van der Waals surface area (Å²) < 4.78 is 54.4. The molecule has 1 saturated carbocycles. The summed E-state index contributed by atoms with van der Waals surface area (Å²) in [6, 6.07) is 17.4. The van der Waals surface area contributed by atoms with Crippen LogP contribution in [0.3, 0.4) is 0 Å². The van der Waals surface area contributed by atoms with Gasteiger partial charge in [-0.25, -0.2) is 10.1 Å². The molecule has 0 bridgehead atoms. The first-order valence-corrected chi connectivity index (χ1v) is 14.2. The molecular formula is C30H33ClF3N5O6. The highest BCUT2D eigenvalue weighted by Gasteiger charge is 2.62. The number of nitrogens with zero attached hydrogens (tertiary/aromatic N) is 3. The molecule has 0 amide bonds. The molecule has 1 aliphatic heterocycles. The van der Waals surface area contributed by atoms with Gasteiger partial charge in [0.15, 0.2) is 5.03 Å². The third-order valence-corrected chi connectivity index (χ3v) is 7.59. The Hall–Kier alpha value is -4.35. The lowest BCUT2D eigenvalue weighted by molar-refractivity contribution is -0.485. The second kappa shape index (κ2) is 15.6. The first-order valence-electron chi connectivity index (χ1n) is 13.9. The van der Waals surface area contributed by atoms with Crippen molar-refractivity contribution < 1.29 is 37.2 Å². The molecule has 2 fully saturated rings. The Balaban J connectivity index is 0.000000330. The van der Waals surface area contributed by atoms with Crippen LogP contribution < -0.4 is 15.4 Å². The van der Waals surface area contributed by atoms with E-state index in [0.29, 0.717) is 36.1 Å². The summed E-state index contributed by atoms with van der Waals surface area (Å²) in [4.78, 5) is 22.7. The van der Waals surface area contributed by atoms with E-state index >= 15 is 0 Å². The van der Waals surface area contributed by atoms with E-state index in [1.165, 1.54) is 0 Å². The van der Waals surface area contributed by atoms with Gasteiger partial charge in [-0.1, -0.05) is 61.9 Å². The molecule has 0 radical (unpaired) electrons. The van der Waals surface area contributed by atoms with Gasteiger partial charge in [-0.15, -0.1) is 0 Å². The van der Waals surface area contributed by atoms with Crippen molar-refractivity contribution in [1.82, 2.24) is 10.6 Å². The summed E-state index contributed by atoms with van der Waals surface area (Å²) in [5.74, 6) is -0.670. The van der Waals surface area contributed by atoms with Gasteiger partial charge in [-0.2, -0.15) is 18.4 Å². The number of halogens is 4. The maximum absolute atomic E-state index is 12.7. The number of guanidine groups is 1. The third-order valence-electron chi connectivity index (χ3n) is 7.25. The molecule has 11 nitrogen and oxygen atoms in total. The number of carbonyl (C=O) groups is 1. The van der Waals surface area contributed by atoms with Crippen LogP contribution in [0.1, 0.15) is 31.9 Å². The molecule has 1 saturated heterocycles. The van der Waals surface area contributed by atoms with Crippen molar-refractivity contribution in [3.8, 4) is 17.6 Å². The second-order valence-corrected chi connectivity index (χ2v) is 11.2. The maximum Gasteiger partial charge on any atom is 0.426 e. The number of rotatable bonds is 9. The number of ether oxygens (including phenoxy) is 3. The van der Waals surface area contributed by atoms with Gasteiger partial charge in [0, 0.05) is 31.7 Å². The zero-order chi connectivity index (χ0) is 33.2. The van der Waals surface area contributed by atoms with Gasteiger partial charge in [0.25, 0.3) is 5.96 Å². The molecule has 2 aliphatic rings. The predicted octanol–water partition coefficient (Wildman–Crippen LogP) is 5.92. The summed E-state index contributed by atoms with van der Waals surface area (Å²) >= 11 is 5.32. The van der Waals surface area contributed by atoms with E-state index in [1.807, 2.05) is 24.3 Å². The van der Waals surface area contributed by atoms with Gasteiger partial charge in [0.1, 0.15) is 27.7 Å². The summed E-state index contributed by atoms with van der Waals surface area (Å²) in [7, 11) is 1.58. The molecule has 2 unspecified atom stereocenters. The van der Waals surface area contributed by atoms with E-state index in [4.69, 9.17) is 25.8 Å². The Morgan fingerprint density at radius 2 is 1.96 bits per heavy atom. The Morgan fingerprint density at radius 1 is 1.27 bits per heavy atom. The largest absolute Gasteiger partial charge is 0.457 e. The highest BCUT2D eigenvalue weighted by molar-refractivity contribution is 6.30. The van der Waals surface area contributed by atoms with Gasteiger partial charge in [-0.3, -0.25) is 4.79 Å². The molecule has 2 aromatic carbocycles. The quantitative estimate of drug-likeness (QED) is 0.111. The van der Waals surface area contributed by atoms with Crippen molar-refractivity contribution in [2.75, 3.05) is 26.8 Å². The van der Waals surface area contributed by atoms with Crippen molar-refractivity contribution in [2.45, 2.75) is 32.5 Å². The molecule has 45 heavy (non-hydrogen) atoms. The average Bonchev–Trinajstić information content (AvgIpc) is 3.28. The second-order valence-electron chi connectivity index (χ2n) is 10.8. The molecule has 1 heterocycles. The van der Waals surface area contributed by atoms with Crippen LogP contribution in [0, 0.1) is 44.6 Å². The van der Waals surface area contributed by atoms with Crippen LogP contribution in [0.25, 0.3) is 0 Å². The smallest absolute Gasteiger partial charge is 0.426 e. The Labute approximate surface area is 263 Å². The van der Waals surface area contributed by atoms with Crippen LogP contribution in [0.15, 0.2) is 70.8 Å². The van der Waals surface area contributed by atoms with Crippen LogP contribution in [-0.2, 0) is 14.3 Å². The Morgan fingerprint density at radius 3 is 2.53 bits per heavy atom. The van der Waals surface area contributed by atoms with Crippen LogP contribution in [0.5, 0.6) is 11.5 Å². The lowest BCUT2D eigenvalue weighted by Crippen LogP contribution is -2.38. The molecule has 15 heteroatoms. The predicted molar refractivity (Wildman–Crippen MR) is 159 cm³/mol. The minimum Gasteiger partial charge on any atom is -0.457 e. The number of carbonyl (C=O) groups excluding carboxylic acids is 1. The summed E-state index contributed by atoms with van der Waals surface area (Å²) in [6.07, 6.45) is -4.08. The van der Waals surface area contributed by atoms with Gasteiger partial charge < -0.3 is 24.8 Å². The molecular weight excluding hydrogens is 619 g/mol. The number of hydrogen-bond donors (Lipinski definition) is 2. The van der Waals surface area contributed by atoms with E-state index in [0.717, 1.165) is 19.1 Å². The Bertz CT molecular complexity index is 1430. The summed E-state index contributed by atoms with van der Waals surface area (Å²) in [6.45, 7) is 5.43. The molecule has 242 valence electrons. The number of hydrazone groups is 1. The molecule has 2 aromatic rings. The fourth-order valence-corrected chi connectivity index (χ4v) is 4.79. The summed E-state index contributed by atoms with van der Waals surface area (Å²) in [5.41, 5.74) is -0.371. The number of para-hydroxylation sites is 1. The highest BCUT2D eigenvalue weighted by atomic mass is 35.5. The first kappa shape index (κ1) is 35.1. The highest BCUT2D eigenvalue weighted by Crippen LogP contribution is 2.60. The third kappa shape index (κ3) is 10.4. The Kier molecular flexibility index (Phi) is 12.2. The van der Waals surface area contributed by atoms with Crippen molar-refractivity contribution >= 4 is 23.5 Å². The van der Waals surface area contributed by atoms with Crippen molar-refractivity contribution in [3.63, 3.8) is 0 Å². The van der Waals surface area contributed by atoms with Crippen LogP contribution >= 0.6 is 11.6 Å². The van der Waals surface area contributed by atoms with Gasteiger partial charge in [-0.05, 0) is 42.0 Å². The SMILES string of the molecule is CC1(C)[C@H](C(=O)OC(C#N)c2cccc(Oc3ccccc3)c2)[C@@H]1/C=C(\Cl)C(F)(F)F.CN/C(=N/[N+](=O)[O-])NCC1CCOC1. The minimum atomic E-state index is -4.68. The van der Waals surface area contributed by atoms with Crippen LogP contribution in [0.2, 0.25) is 0 Å². The lowest BCUT2D eigenvalue weighted by Gasteiger charge is -2.13. The molecule has 0 spiro atoms. The topological polar surface area (TPSA) is 148 Å². The van der Waals surface area contributed by atoms with Crippen molar-refractivity contribution in [1.29, 1.82) is 5.26 Å². The molecule has 0 aromatic heterocycles. The number of nitro groups is 1. The van der Waals surface area contributed by atoms with Crippen LogP contribution in [0.4, 0.5) is 13.2 Å². The monoisotopic (exact) mass is 651 g/mol. The minimum absolute atomic E-state index is 0.182. The zero-order valence-corrected chi connectivity index (χ0v) is 25.5. The molecule has 2 N–H and O–H groups in total. The van der Waals surface area contributed by atoms with Crippen LogP contribution in [-0.4, -0.2) is 49.9 Å². The fourth-order valence-electron chi connectivity index (χ4n) is 4.66. The molecule has 1 aliphatic carbocycles. The number of benzene rings is 2. The number of allylic oxidation sites excluding steroid dienone is 2. The van der Waals surface area contributed by atoms with Gasteiger partial charge in [0.2, 0.25) is 6.10 Å². The van der Waals surface area contributed by atoms with Crippen molar-refractivity contribution in [3.05, 3.63) is 81.4 Å². The fraction of sp³-hybridized carbons (Fsp3) is 0.433.